The molecule has 0 bridgehead atoms. The Kier molecular flexibility index (Phi) is 5.63. The zero-order valence-corrected chi connectivity index (χ0v) is 12.2. The van der Waals surface area contributed by atoms with Gasteiger partial charge in [0.05, 0.1) is 6.10 Å². The fourth-order valence-electron chi connectivity index (χ4n) is 2.04. The van der Waals surface area contributed by atoms with Crippen molar-refractivity contribution in [2.45, 2.75) is 46.4 Å². The van der Waals surface area contributed by atoms with Gasteiger partial charge in [0.15, 0.2) is 0 Å². The SMILES string of the molecule is Cc1ccc(N(C)CC(C)O)c(CNC(C)C)c1. The predicted molar refractivity (Wildman–Crippen MR) is 78.1 cm³/mol. The summed E-state index contributed by atoms with van der Waals surface area (Å²) in [6.07, 6.45) is -0.317. The number of benzene rings is 1. The van der Waals surface area contributed by atoms with E-state index >= 15 is 0 Å². The Hall–Kier alpha value is -1.06. The third kappa shape index (κ3) is 4.67. The number of aliphatic hydroxyl groups excluding tert-OH is 1. The highest BCUT2D eigenvalue weighted by atomic mass is 16.3. The lowest BCUT2D eigenvalue weighted by atomic mass is 10.1. The van der Waals surface area contributed by atoms with Crippen molar-refractivity contribution in [3.05, 3.63) is 29.3 Å². The molecule has 3 nitrogen and oxygen atoms in total. The molecule has 18 heavy (non-hydrogen) atoms. The van der Waals surface area contributed by atoms with Crippen LogP contribution in [0, 0.1) is 6.92 Å². The van der Waals surface area contributed by atoms with Gasteiger partial charge in [0.25, 0.3) is 0 Å². The summed E-state index contributed by atoms with van der Waals surface area (Å²) < 4.78 is 0. The Morgan fingerprint density at radius 2 is 1.94 bits per heavy atom. The minimum Gasteiger partial charge on any atom is -0.392 e. The molecular weight excluding hydrogens is 224 g/mol. The van der Waals surface area contributed by atoms with Gasteiger partial charge in [-0.2, -0.15) is 0 Å². The lowest BCUT2D eigenvalue weighted by molar-refractivity contribution is 0.201. The van der Waals surface area contributed by atoms with Gasteiger partial charge in [-0.05, 0) is 25.5 Å². The van der Waals surface area contributed by atoms with Gasteiger partial charge in [0.2, 0.25) is 0 Å². The molecular formula is C15H26N2O. The molecule has 0 radical (unpaired) electrons. The van der Waals surface area contributed by atoms with Gasteiger partial charge >= 0.3 is 0 Å². The molecule has 1 atom stereocenters. The molecule has 1 aromatic carbocycles. The molecule has 0 saturated carbocycles. The molecule has 1 unspecified atom stereocenters. The van der Waals surface area contributed by atoms with Crippen LogP contribution in [0.15, 0.2) is 18.2 Å². The molecule has 0 aliphatic heterocycles. The summed E-state index contributed by atoms with van der Waals surface area (Å²) >= 11 is 0. The van der Waals surface area contributed by atoms with E-state index in [9.17, 15) is 5.11 Å². The number of anilines is 1. The van der Waals surface area contributed by atoms with E-state index in [1.54, 1.807) is 0 Å². The van der Waals surface area contributed by atoms with Crippen LogP contribution < -0.4 is 10.2 Å². The van der Waals surface area contributed by atoms with E-state index in [0.717, 1.165) is 6.54 Å². The molecule has 0 aliphatic carbocycles. The summed E-state index contributed by atoms with van der Waals surface area (Å²) in [5.41, 5.74) is 3.74. The zero-order chi connectivity index (χ0) is 13.7. The summed E-state index contributed by atoms with van der Waals surface area (Å²) in [4.78, 5) is 2.11. The molecule has 0 amide bonds. The first-order valence-electron chi connectivity index (χ1n) is 6.62. The highest BCUT2D eigenvalue weighted by Crippen LogP contribution is 2.21. The minimum absolute atomic E-state index is 0.317. The topological polar surface area (TPSA) is 35.5 Å². The number of nitrogens with zero attached hydrogens (tertiary/aromatic N) is 1. The molecule has 102 valence electrons. The highest BCUT2D eigenvalue weighted by molar-refractivity contribution is 5.54. The summed E-state index contributed by atoms with van der Waals surface area (Å²) in [6, 6.07) is 6.94. The van der Waals surface area contributed by atoms with Gasteiger partial charge in [-0.25, -0.2) is 0 Å². The third-order valence-electron chi connectivity index (χ3n) is 2.89. The number of aryl methyl sites for hydroxylation is 1. The second-order valence-corrected chi connectivity index (χ2v) is 5.40. The molecule has 0 aromatic heterocycles. The maximum atomic E-state index is 9.49. The summed E-state index contributed by atoms with van der Waals surface area (Å²) in [7, 11) is 2.02. The van der Waals surface area contributed by atoms with Crippen LogP contribution in [0.25, 0.3) is 0 Å². The van der Waals surface area contributed by atoms with Crippen LogP contribution >= 0.6 is 0 Å². The van der Waals surface area contributed by atoms with Crippen molar-refractivity contribution in [1.82, 2.24) is 5.32 Å². The van der Waals surface area contributed by atoms with E-state index in [1.165, 1.54) is 16.8 Å². The van der Waals surface area contributed by atoms with E-state index in [2.05, 4.69) is 49.2 Å². The van der Waals surface area contributed by atoms with Crippen LogP contribution in [-0.4, -0.2) is 30.8 Å². The maximum absolute atomic E-state index is 9.49. The normalized spacial score (nSPS) is 12.8. The van der Waals surface area contributed by atoms with Gasteiger partial charge in [-0.3, -0.25) is 0 Å². The monoisotopic (exact) mass is 250 g/mol. The van der Waals surface area contributed by atoms with Gasteiger partial charge in [0, 0.05) is 31.9 Å². The van der Waals surface area contributed by atoms with Crippen LogP contribution in [0.2, 0.25) is 0 Å². The van der Waals surface area contributed by atoms with Crippen LogP contribution in [0.1, 0.15) is 31.9 Å². The van der Waals surface area contributed by atoms with Crippen molar-refractivity contribution < 1.29 is 5.11 Å². The predicted octanol–water partition coefficient (Wildman–Crippen LogP) is 2.31. The first-order chi connectivity index (χ1) is 8.40. The average molecular weight is 250 g/mol. The maximum Gasteiger partial charge on any atom is 0.0686 e. The smallest absolute Gasteiger partial charge is 0.0686 e. The first-order valence-corrected chi connectivity index (χ1v) is 6.62. The van der Waals surface area contributed by atoms with Gasteiger partial charge in [-0.15, -0.1) is 0 Å². The Balaban J connectivity index is 2.88. The Bertz CT molecular complexity index is 375. The molecule has 0 saturated heterocycles. The van der Waals surface area contributed by atoms with E-state index in [1.807, 2.05) is 14.0 Å². The van der Waals surface area contributed by atoms with Gasteiger partial charge in [-0.1, -0.05) is 31.5 Å². The van der Waals surface area contributed by atoms with Crippen molar-refractivity contribution in [2.24, 2.45) is 0 Å². The second-order valence-electron chi connectivity index (χ2n) is 5.40. The average Bonchev–Trinajstić information content (AvgIpc) is 2.25. The van der Waals surface area contributed by atoms with Gasteiger partial charge in [0.1, 0.15) is 0 Å². The second kappa shape index (κ2) is 6.76. The molecule has 1 rings (SSSR count). The molecule has 0 aliphatic rings. The number of nitrogens with one attached hydrogen (secondary N) is 1. The first kappa shape index (κ1) is 15.0. The van der Waals surface area contributed by atoms with Crippen molar-refractivity contribution in [3.63, 3.8) is 0 Å². The number of hydrogen-bond acceptors (Lipinski definition) is 3. The highest BCUT2D eigenvalue weighted by Gasteiger charge is 2.10. The Morgan fingerprint density at radius 3 is 2.50 bits per heavy atom. The van der Waals surface area contributed by atoms with E-state index in [0.29, 0.717) is 12.6 Å². The molecule has 0 spiro atoms. The largest absolute Gasteiger partial charge is 0.392 e. The lowest BCUT2D eigenvalue weighted by Gasteiger charge is -2.24. The number of aliphatic hydroxyl groups is 1. The van der Waals surface area contributed by atoms with Crippen molar-refractivity contribution in [3.8, 4) is 0 Å². The molecule has 3 heteroatoms. The molecule has 1 aromatic rings. The fraction of sp³-hybridized carbons (Fsp3) is 0.600. The van der Waals surface area contributed by atoms with Crippen molar-refractivity contribution >= 4 is 5.69 Å². The van der Waals surface area contributed by atoms with E-state index in [4.69, 9.17) is 0 Å². The van der Waals surface area contributed by atoms with Crippen LogP contribution in [0.3, 0.4) is 0 Å². The quantitative estimate of drug-likeness (QED) is 0.813. The molecule has 0 fully saturated rings. The lowest BCUT2D eigenvalue weighted by Crippen LogP contribution is -2.29. The Morgan fingerprint density at radius 1 is 1.28 bits per heavy atom. The Labute approximate surface area is 111 Å². The third-order valence-corrected chi connectivity index (χ3v) is 2.89. The van der Waals surface area contributed by atoms with Crippen LogP contribution in [0.4, 0.5) is 5.69 Å². The number of rotatable bonds is 6. The van der Waals surface area contributed by atoms with Crippen LogP contribution in [0.5, 0.6) is 0 Å². The summed E-state index contributed by atoms with van der Waals surface area (Å²) in [5, 5.41) is 12.9. The summed E-state index contributed by atoms with van der Waals surface area (Å²) in [6.45, 7) is 9.73. The summed E-state index contributed by atoms with van der Waals surface area (Å²) in [5.74, 6) is 0. The van der Waals surface area contributed by atoms with E-state index in [-0.39, 0.29) is 6.10 Å². The zero-order valence-electron chi connectivity index (χ0n) is 12.2. The fourth-order valence-corrected chi connectivity index (χ4v) is 2.04. The number of likely N-dealkylation sites (N-methyl/N-ethyl adjacent to an activating group) is 1. The molecule has 0 heterocycles. The standard InChI is InChI=1S/C15H26N2O/c1-11(2)16-9-14-8-12(3)6-7-15(14)17(5)10-13(4)18/h6-8,11,13,16,18H,9-10H2,1-5H3. The minimum atomic E-state index is -0.317. The van der Waals surface area contributed by atoms with Gasteiger partial charge < -0.3 is 15.3 Å². The number of hydrogen-bond donors (Lipinski definition) is 2. The van der Waals surface area contributed by atoms with Crippen molar-refractivity contribution in [2.75, 3.05) is 18.5 Å². The van der Waals surface area contributed by atoms with Crippen LogP contribution in [-0.2, 0) is 6.54 Å². The molecule has 2 N–H and O–H groups in total. The van der Waals surface area contributed by atoms with Crippen molar-refractivity contribution in [1.29, 1.82) is 0 Å². The van der Waals surface area contributed by atoms with E-state index < -0.39 is 0 Å².